The Labute approximate surface area is 278 Å². The number of nitrogens with zero attached hydrogens (tertiary/aromatic N) is 2. The number of anilines is 1. The van der Waals surface area contributed by atoms with Gasteiger partial charge in [0.05, 0.1) is 29.7 Å². The summed E-state index contributed by atoms with van der Waals surface area (Å²) in [4.78, 5) is 40.0. The Bertz CT molecular complexity index is 1970. The number of aryl methyl sites for hydroxylation is 2. The van der Waals surface area contributed by atoms with Crippen molar-refractivity contribution in [3.8, 4) is 11.5 Å². The van der Waals surface area contributed by atoms with Crippen molar-refractivity contribution >= 4 is 61.4 Å². The van der Waals surface area contributed by atoms with Crippen molar-refractivity contribution in [1.29, 1.82) is 0 Å². The minimum absolute atomic E-state index is 0.0154. The topological polar surface area (TPSA) is 122 Å². The molecule has 1 aliphatic heterocycles. The van der Waals surface area contributed by atoms with E-state index >= 15 is 0 Å². The summed E-state index contributed by atoms with van der Waals surface area (Å²) in [5, 5.41) is 3.98. The normalized spacial score (nSPS) is 14.1. The molecule has 0 saturated carbocycles. The van der Waals surface area contributed by atoms with E-state index < -0.39 is 27.1 Å². The van der Waals surface area contributed by atoms with Gasteiger partial charge < -0.3 is 14.8 Å². The smallest absolute Gasteiger partial charge is 0.293 e. The van der Waals surface area contributed by atoms with E-state index in [4.69, 9.17) is 9.47 Å². The van der Waals surface area contributed by atoms with Gasteiger partial charge in [0, 0.05) is 26.1 Å². The Morgan fingerprint density at radius 3 is 2.30 bits per heavy atom. The number of thioether (sulfide) groups is 1. The molecular weight excluding hydrogens is 639 g/mol. The Hall–Kier alpha value is -4.81. The molecule has 5 rings (SSSR count). The molecule has 0 aliphatic carbocycles. The highest BCUT2D eigenvalue weighted by Crippen LogP contribution is 2.34. The van der Waals surface area contributed by atoms with Gasteiger partial charge in [-0.3, -0.25) is 23.6 Å². The number of carbonyl (C=O) groups is 3. The molecule has 47 heavy (non-hydrogen) atoms. The van der Waals surface area contributed by atoms with Gasteiger partial charge in [0.1, 0.15) is 0 Å². The number of benzene rings is 4. The van der Waals surface area contributed by atoms with Gasteiger partial charge in [-0.25, -0.2) is 8.42 Å². The molecule has 0 atom stereocenters. The van der Waals surface area contributed by atoms with Crippen LogP contribution in [0.3, 0.4) is 0 Å². The van der Waals surface area contributed by atoms with E-state index in [2.05, 4.69) is 5.32 Å². The van der Waals surface area contributed by atoms with Crippen LogP contribution in [0.4, 0.5) is 10.5 Å². The second-order valence-corrected chi connectivity index (χ2v) is 13.8. The summed E-state index contributed by atoms with van der Waals surface area (Å²) >= 11 is 0.815. The second-order valence-electron chi connectivity index (χ2n) is 11.0. The predicted octanol–water partition coefficient (Wildman–Crippen LogP) is 5.91. The molecule has 0 aromatic heterocycles. The lowest BCUT2D eigenvalue weighted by molar-refractivity contribution is -0.124. The van der Waals surface area contributed by atoms with Crippen LogP contribution >= 0.6 is 11.8 Å². The quantitative estimate of drug-likeness (QED) is 0.184. The van der Waals surface area contributed by atoms with Gasteiger partial charge in [0.25, 0.3) is 21.2 Å². The van der Waals surface area contributed by atoms with E-state index in [9.17, 15) is 22.8 Å². The molecule has 0 unspecified atom stereocenters. The number of hydrogen-bond acceptors (Lipinski definition) is 8. The highest BCUT2D eigenvalue weighted by molar-refractivity contribution is 8.18. The third kappa shape index (κ3) is 7.61. The van der Waals surface area contributed by atoms with Crippen molar-refractivity contribution in [2.75, 3.05) is 38.2 Å². The molecule has 3 amide bonds. The third-order valence-electron chi connectivity index (χ3n) is 7.58. The lowest BCUT2D eigenvalue weighted by Gasteiger charge is -2.25. The number of nitrogens with one attached hydrogen (secondary N) is 1. The van der Waals surface area contributed by atoms with Gasteiger partial charge in [-0.05, 0) is 95.5 Å². The lowest BCUT2D eigenvalue weighted by Crippen LogP contribution is -2.39. The Morgan fingerprint density at radius 2 is 1.60 bits per heavy atom. The minimum Gasteiger partial charge on any atom is -0.493 e. The van der Waals surface area contributed by atoms with E-state index in [1.54, 1.807) is 54.6 Å². The maximum absolute atomic E-state index is 14.0. The van der Waals surface area contributed by atoms with E-state index in [0.29, 0.717) is 22.7 Å². The molecule has 1 N–H and O–H groups in total. The van der Waals surface area contributed by atoms with Gasteiger partial charge in [0.2, 0.25) is 5.91 Å². The van der Waals surface area contributed by atoms with Gasteiger partial charge in [-0.1, -0.05) is 42.5 Å². The summed E-state index contributed by atoms with van der Waals surface area (Å²) in [6.07, 6.45) is 1.46. The molecule has 1 saturated heterocycles. The van der Waals surface area contributed by atoms with Crippen LogP contribution in [-0.4, -0.2) is 64.2 Å². The summed E-state index contributed by atoms with van der Waals surface area (Å²) in [7, 11) is -0.998. The third-order valence-corrected chi connectivity index (χ3v) is 10.3. The minimum atomic E-state index is -4.03. The first-order valence-corrected chi connectivity index (χ1v) is 17.1. The van der Waals surface area contributed by atoms with Crippen LogP contribution < -0.4 is 19.1 Å². The SMILES string of the molecule is COc1ccc(/C=C2/SC(=O)N(CCNC(=O)CCN(c3cc(C)cc(C)c3)S(=O)(=O)c3ccc4ccccc4c3)C2=O)cc1OC. The molecule has 4 aromatic rings. The number of rotatable bonds is 12. The van der Waals surface area contributed by atoms with Crippen molar-refractivity contribution in [2.24, 2.45) is 0 Å². The molecule has 0 radical (unpaired) electrons. The largest absolute Gasteiger partial charge is 0.493 e. The molecule has 0 bridgehead atoms. The van der Waals surface area contributed by atoms with Gasteiger partial charge in [-0.15, -0.1) is 0 Å². The first kappa shape index (κ1) is 33.6. The van der Waals surface area contributed by atoms with Crippen molar-refractivity contribution in [3.63, 3.8) is 0 Å². The van der Waals surface area contributed by atoms with Crippen LogP contribution in [0.1, 0.15) is 23.1 Å². The van der Waals surface area contributed by atoms with E-state index in [1.807, 2.05) is 44.2 Å². The Balaban J connectivity index is 1.25. The number of amides is 3. The summed E-state index contributed by atoms with van der Waals surface area (Å²) < 4.78 is 39.8. The number of carbonyl (C=O) groups excluding carboxylic acids is 3. The van der Waals surface area contributed by atoms with E-state index in [1.165, 1.54) is 18.5 Å². The average Bonchev–Trinajstić information content (AvgIpc) is 3.31. The van der Waals surface area contributed by atoms with Crippen molar-refractivity contribution in [3.05, 3.63) is 100 Å². The van der Waals surface area contributed by atoms with Crippen LogP contribution in [0.5, 0.6) is 11.5 Å². The summed E-state index contributed by atoms with van der Waals surface area (Å²) in [5.74, 6) is 0.147. The highest BCUT2D eigenvalue weighted by Gasteiger charge is 2.35. The first-order chi connectivity index (χ1) is 22.5. The molecular formula is C35H35N3O7S2. The second kappa shape index (κ2) is 14.3. The fourth-order valence-electron chi connectivity index (χ4n) is 5.32. The molecule has 1 fully saturated rings. The van der Waals surface area contributed by atoms with Gasteiger partial charge in [-0.2, -0.15) is 0 Å². The van der Waals surface area contributed by atoms with Crippen LogP contribution in [0.2, 0.25) is 0 Å². The maximum Gasteiger partial charge on any atom is 0.293 e. The highest BCUT2D eigenvalue weighted by atomic mass is 32.2. The zero-order chi connectivity index (χ0) is 33.7. The van der Waals surface area contributed by atoms with Crippen molar-refractivity contribution in [1.82, 2.24) is 10.2 Å². The molecule has 1 aliphatic rings. The first-order valence-electron chi connectivity index (χ1n) is 14.8. The average molecular weight is 674 g/mol. The Kier molecular flexibility index (Phi) is 10.2. The van der Waals surface area contributed by atoms with Crippen LogP contribution in [0, 0.1) is 13.8 Å². The van der Waals surface area contributed by atoms with Gasteiger partial charge >= 0.3 is 0 Å². The number of methoxy groups -OCH3 is 2. The van der Waals surface area contributed by atoms with E-state index in [0.717, 1.165) is 38.6 Å². The summed E-state index contributed by atoms with van der Waals surface area (Å²) in [6, 6.07) is 23.1. The fraction of sp³-hybridized carbons (Fsp3) is 0.229. The number of hydrogen-bond donors (Lipinski definition) is 1. The van der Waals surface area contributed by atoms with Crippen molar-refractivity contribution in [2.45, 2.75) is 25.2 Å². The predicted molar refractivity (Wildman–Crippen MR) is 184 cm³/mol. The number of fused-ring (bicyclic) bond motifs is 1. The van der Waals surface area contributed by atoms with Crippen LogP contribution in [0.25, 0.3) is 16.8 Å². The fourth-order valence-corrected chi connectivity index (χ4v) is 7.67. The number of imide groups is 1. The zero-order valence-electron chi connectivity index (χ0n) is 26.5. The van der Waals surface area contributed by atoms with Crippen molar-refractivity contribution < 1.29 is 32.3 Å². The zero-order valence-corrected chi connectivity index (χ0v) is 28.1. The lowest BCUT2D eigenvalue weighted by atomic mass is 10.1. The summed E-state index contributed by atoms with van der Waals surface area (Å²) in [5.41, 5.74) is 2.90. The molecule has 4 aromatic carbocycles. The maximum atomic E-state index is 14.0. The number of ether oxygens (including phenoxy) is 2. The van der Waals surface area contributed by atoms with E-state index in [-0.39, 0.29) is 35.9 Å². The molecule has 244 valence electrons. The molecule has 1 heterocycles. The van der Waals surface area contributed by atoms with Gasteiger partial charge in [0.15, 0.2) is 11.5 Å². The molecule has 10 nitrogen and oxygen atoms in total. The Morgan fingerprint density at radius 1 is 0.894 bits per heavy atom. The molecule has 0 spiro atoms. The number of sulfonamides is 1. The monoisotopic (exact) mass is 673 g/mol. The standard InChI is InChI=1S/C35H35N3O7S2/c1-23-17-24(2)19-28(18-23)38(47(42,43)29-11-10-26-7-5-6-8-27(26)22-29)15-13-33(39)36-14-16-37-34(40)32(46-35(37)41)21-25-9-12-30(44-3)31(20-25)45-4/h5-12,17-22H,13-16H2,1-4H3,(H,36,39)/b32-21+. The van der Waals surface area contributed by atoms with Crippen LogP contribution in [-0.2, 0) is 19.6 Å². The molecule has 12 heteroatoms. The van der Waals surface area contributed by atoms with Crippen LogP contribution in [0.15, 0.2) is 88.7 Å². The summed E-state index contributed by atoms with van der Waals surface area (Å²) in [6.45, 7) is 3.65.